The van der Waals surface area contributed by atoms with Crippen LogP contribution in [0.25, 0.3) is 0 Å². The summed E-state index contributed by atoms with van der Waals surface area (Å²) in [6.07, 6.45) is 1.75. The number of rotatable bonds is 7. The summed E-state index contributed by atoms with van der Waals surface area (Å²) < 4.78 is 33.1. The van der Waals surface area contributed by atoms with Gasteiger partial charge in [0.05, 0.1) is 24.9 Å². The van der Waals surface area contributed by atoms with Crippen LogP contribution in [0.2, 0.25) is 0 Å². The number of hydrogen-bond acceptors (Lipinski definition) is 11. The van der Waals surface area contributed by atoms with Gasteiger partial charge in [0, 0.05) is 14.2 Å². The molecule has 2 saturated heterocycles. The van der Waals surface area contributed by atoms with E-state index >= 15 is 0 Å². The van der Waals surface area contributed by atoms with Gasteiger partial charge in [0.2, 0.25) is 0 Å². The van der Waals surface area contributed by atoms with E-state index in [1.165, 1.54) is 0 Å². The Morgan fingerprint density at radius 3 is 1.53 bits per heavy atom. The van der Waals surface area contributed by atoms with Crippen LogP contribution in [0.4, 0.5) is 9.59 Å². The van der Waals surface area contributed by atoms with E-state index in [2.05, 4.69) is 30.2 Å². The fraction of sp³-hybridized carbons (Fsp3) is 0.880. The standard InChI is InChI=1S/C9H18O4.C5H12O.C4H6O3.C3H6O.CO2.3CH4/c1-5-7(2)13-9(10)12-6-8(3)11-4;1-4-5(2)6-3;1-3-2-6-4(5)7-3;1-3-2-4-3;2-1-3;;;/h7-8H,5-6H2,1-4H3;5H,4H2,1-3H3;3H,2H2,1H3;3H,2H2,1H3;;3*1H4. The van der Waals surface area contributed by atoms with Crippen LogP contribution in [0.1, 0.15) is 83.6 Å². The zero-order valence-corrected chi connectivity index (χ0v) is 21.4. The predicted octanol–water partition coefficient (Wildman–Crippen LogP) is 5.68. The first-order valence-electron chi connectivity index (χ1n) is 10.8. The highest BCUT2D eigenvalue weighted by molar-refractivity contribution is 5.61. The second-order valence-electron chi connectivity index (χ2n) is 7.12. The summed E-state index contributed by atoms with van der Waals surface area (Å²) in [5, 5.41) is 0. The SMILES string of the molecule is C.C.C.CC1CO1.CC1COC(=O)O1.CCC(C)OC.CCC(C)OC(=O)OCC(C)OC.O=C=O. The third kappa shape index (κ3) is 42.0. The fourth-order valence-corrected chi connectivity index (χ4v) is 1.22. The molecule has 220 valence electrons. The van der Waals surface area contributed by atoms with Gasteiger partial charge < -0.3 is 33.2 Å². The molecular formula is C25H54O11. The number of carbonyl (C=O) groups is 2. The molecule has 0 aromatic rings. The fourth-order valence-electron chi connectivity index (χ4n) is 1.22. The number of methoxy groups -OCH3 is 2. The molecule has 0 aliphatic carbocycles. The first-order chi connectivity index (χ1) is 15.5. The average molecular weight is 531 g/mol. The summed E-state index contributed by atoms with van der Waals surface area (Å²) in [5.41, 5.74) is 0. The van der Waals surface area contributed by atoms with Crippen molar-refractivity contribution >= 4 is 18.5 Å². The molecule has 0 spiro atoms. The van der Waals surface area contributed by atoms with E-state index < -0.39 is 12.3 Å². The smallest absolute Gasteiger partial charge is 0.432 e. The Balaban J connectivity index is -0.0000000837. The Morgan fingerprint density at radius 1 is 0.917 bits per heavy atom. The van der Waals surface area contributed by atoms with Crippen molar-refractivity contribution in [3.05, 3.63) is 0 Å². The number of ether oxygens (including phenoxy) is 7. The minimum atomic E-state index is -0.627. The molecule has 11 nitrogen and oxygen atoms in total. The van der Waals surface area contributed by atoms with Crippen LogP contribution in [0.3, 0.4) is 0 Å². The molecular weight excluding hydrogens is 476 g/mol. The topological polar surface area (TPSA) is 136 Å². The van der Waals surface area contributed by atoms with Crippen molar-refractivity contribution in [2.75, 3.05) is 34.0 Å². The van der Waals surface area contributed by atoms with Crippen molar-refractivity contribution in [3.63, 3.8) is 0 Å². The van der Waals surface area contributed by atoms with Crippen LogP contribution < -0.4 is 0 Å². The zero-order chi connectivity index (χ0) is 26.2. The highest BCUT2D eigenvalue weighted by Gasteiger charge is 2.19. The summed E-state index contributed by atoms with van der Waals surface area (Å²) in [4.78, 5) is 37.2. The minimum Gasteiger partial charge on any atom is -0.432 e. The van der Waals surface area contributed by atoms with E-state index in [-0.39, 0.29) is 53.4 Å². The number of cyclic esters (lactones) is 2. The lowest BCUT2D eigenvalue weighted by Crippen LogP contribution is -2.21. The highest BCUT2D eigenvalue weighted by atomic mass is 16.8. The van der Waals surface area contributed by atoms with E-state index in [9.17, 15) is 9.59 Å². The number of hydrogen-bond donors (Lipinski definition) is 0. The van der Waals surface area contributed by atoms with Gasteiger partial charge in [0.25, 0.3) is 0 Å². The Bertz CT molecular complexity index is 500. The second-order valence-corrected chi connectivity index (χ2v) is 7.12. The molecule has 0 N–H and O–H groups in total. The molecule has 2 rings (SSSR count). The average Bonchev–Trinajstić information content (AvgIpc) is 3.49. The van der Waals surface area contributed by atoms with E-state index in [1.54, 1.807) is 21.1 Å². The molecule has 5 atom stereocenters. The van der Waals surface area contributed by atoms with E-state index in [0.717, 1.165) is 19.4 Å². The Kier molecular flexibility index (Phi) is 42.9. The lowest BCUT2D eigenvalue weighted by Gasteiger charge is -2.13. The Labute approximate surface area is 219 Å². The Morgan fingerprint density at radius 2 is 1.33 bits per heavy atom. The monoisotopic (exact) mass is 530 g/mol. The second kappa shape index (κ2) is 32.8. The van der Waals surface area contributed by atoms with Crippen molar-refractivity contribution in [2.45, 2.75) is 114 Å². The van der Waals surface area contributed by atoms with Gasteiger partial charge in [-0.05, 0) is 47.5 Å². The molecule has 0 aromatic carbocycles. The van der Waals surface area contributed by atoms with Gasteiger partial charge in [0.15, 0.2) is 0 Å². The molecule has 36 heavy (non-hydrogen) atoms. The maximum atomic E-state index is 10.9. The van der Waals surface area contributed by atoms with Crippen LogP contribution in [0.5, 0.6) is 0 Å². The minimum absolute atomic E-state index is 0. The van der Waals surface area contributed by atoms with Crippen molar-refractivity contribution < 1.29 is 52.3 Å². The molecule has 0 saturated carbocycles. The van der Waals surface area contributed by atoms with Crippen LogP contribution in [0.15, 0.2) is 0 Å². The molecule has 2 fully saturated rings. The van der Waals surface area contributed by atoms with Gasteiger partial charge in [-0.25, -0.2) is 9.59 Å². The largest absolute Gasteiger partial charge is 0.508 e. The summed E-state index contributed by atoms with van der Waals surface area (Å²) in [7, 11) is 3.29. The molecule has 2 heterocycles. The van der Waals surface area contributed by atoms with Gasteiger partial charge >= 0.3 is 18.5 Å². The van der Waals surface area contributed by atoms with Crippen LogP contribution in [0, 0.1) is 0 Å². The lowest BCUT2D eigenvalue weighted by molar-refractivity contribution is -0.191. The third-order valence-electron chi connectivity index (χ3n) is 3.92. The lowest BCUT2D eigenvalue weighted by atomic mass is 10.3. The van der Waals surface area contributed by atoms with E-state index in [0.29, 0.717) is 18.8 Å². The van der Waals surface area contributed by atoms with Crippen LogP contribution >= 0.6 is 0 Å². The van der Waals surface area contributed by atoms with Gasteiger partial charge in [-0.1, -0.05) is 36.1 Å². The van der Waals surface area contributed by atoms with E-state index in [1.807, 2.05) is 20.8 Å². The summed E-state index contributed by atoms with van der Waals surface area (Å²) in [6.45, 7) is 15.2. The predicted molar refractivity (Wildman–Crippen MR) is 138 cm³/mol. The summed E-state index contributed by atoms with van der Waals surface area (Å²) >= 11 is 0. The quantitative estimate of drug-likeness (QED) is 0.297. The van der Waals surface area contributed by atoms with Crippen LogP contribution in [-0.4, -0.2) is 83.0 Å². The summed E-state index contributed by atoms with van der Waals surface area (Å²) in [6, 6.07) is 0. The molecule has 0 bridgehead atoms. The number of carbonyl (C=O) groups excluding carboxylic acids is 4. The molecule has 2 aliphatic heterocycles. The third-order valence-corrected chi connectivity index (χ3v) is 3.92. The Hall–Kier alpha value is -2.20. The highest BCUT2D eigenvalue weighted by Crippen LogP contribution is 2.04. The molecule has 11 heteroatoms. The van der Waals surface area contributed by atoms with Gasteiger partial charge in [-0.3, -0.25) is 0 Å². The van der Waals surface area contributed by atoms with Gasteiger partial charge in [0.1, 0.15) is 25.4 Å². The summed E-state index contributed by atoms with van der Waals surface area (Å²) in [5.74, 6) is 0. The van der Waals surface area contributed by atoms with Gasteiger partial charge in [-0.2, -0.15) is 9.59 Å². The maximum Gasteiger partial charge on any atom is 0.508 e. The van der Waals surface area contributed by atoms with Crippen molar-refractivity contribution in [1.82, 2.24) is 0 Å². The first-order valence-corrected chi connectivity index (χ1v) is 10.8. The van der Waals surface area contributed by atoms with Crippen molar-refractivity contribution in [1.29, 1.82) is 0 Å². The maximum absolute atomic E-state index is 10.9. The molecule has 2 aliphatic rings. The van der Waals surface area contributed by atoms with Crippen molar-refractivity contribution in [2.24, 2.45) is 0 Å². The van der Waals surface area contributed by atoms with Crippen molar-refractivity contribution in [3.8, 4) is 0 Å². The first kappa shape index (κ1) is 47.1. The van der Waals surface area contributed by atoms with Gasteiger partial charge in [-0.15, -0.1) is 0 Å². The molecule has 5 unspecified atom stereocenters. The number of epoxide rings is 1. The zero-order valence-electron chi connectivity index (χ0n) is 21.4. The molecule has 0 aromatic heterocycles. The van der Waals surface area contributed by atoms with Crippen LogP contribution in [-0.2, 0) is 42.7 Å². The molecule has 0 amide bonds. The van der Waals surface area contributed by atoms with E-state index in [4.69, 9.17) is 33.3 Å². The molecule has 0 radical (unpaired) electrons. The normalized spacial score (nSPS) is 18.1.